The summed E-state index contributed by atoms with van der Waals surface area (Å²) in [6, 6.07) is 9.66. The lowest BCUT2D eigenvalue weighted by atomic mass is 10.0. The van der Waals surface area contributed by atoms with Crippen molar-refractivity contribution in [3.63, 3.8) is 0 Å². The van der Waals surface area contributed by atoms with Gasteiger partial charge in [-0.3, -0.25) is 9.20 Å². The van der Waals surface area contributed by atoms with Gasteiger partial charge in [0.05, 0.1) is 19.7 Å². The van der Waals surface area contributed by atoms with Crippen LogP contribution >= 0.6 is 0 Å². The highest BCUT2D eigenvalue weighted by Gasteiger charge is 2.18. The number of nitrogens with zero attached hydrogens (tertiary/aromatic N) is 1. The van der Waals surface area contributed by atoms with Crippen molar-refractivity contribution in [3.05, 3.63) is 52.4 Å². The molecule has 0 aliphatic carbocycles. The average molecular weight is 293 g/mol. The SMILES string of the molecule is COc1cc(OC)c2c3cc(C)ccc3c(=O)n3ccc1c23. The van der Waals surface area contributed by atoms with E-state index in [4.69, 9.17) is 9.47 Å². The van der Waals surface area contributed by atoms with Crippen LogP contribution in [0.1, 0.15) is 5.56 Å². The largest absolute Gasteiger partial charge is 0.496 e. The number of pyridine rings is 1. The van der Waals surface area contributed by atoms with Gasteiger partial charge in [0.15, 0.2) is 0 Å². The van der Waals surface area contributed by atoms with Crippen LogP contribution in [0, 0.1) is 6.92 Å². The summed E-state index contributed by atoms with van der Waals surface area (Å²) in [6.07, 6.45) is 1.79. The molecule has 2 aromatic carbocycles. The third-order valence-electron chi connectivity index (χ3n) is 4.23. The Labute approximate surface area is 126 Å². The van der Waals surface area contributed by atoms with Crippen molar-refractivity contribution >= 4 is 27.1 Å². The van der Waals surface area contributed by atoms with Gasteiger partial charge in [0, 0.05) is 33.8 Å². The van der Waals surface area contributed by atoms with Crippen molar-refractivity contribution in [1.82, 2.24) is 4.40 Å². The molecular weight excluding hydrogens is 278 g/mol. The lowest BCUT2D eigenvalue weighted by Crippen LogP contribution is -2.12. The van der Waals surface area contributed by atoms with Gasteiger partial charge in [0.1, 0.15) is 11.5 Å². The van der Waals surface area contributed by atoms with E-state index in [1.807, 2.05) is 37.3 Å². The standard InChI is InChI=1S/C18H15NO3/c1-10-4-5-11-13(8-10)16-15(22-3)9-14(21-2)12-6-7-19(17(12)16)18(11)20/h4-9H,1-3H3. The maximum atomic E-state index is 12.7. The van der Waals surface area contributed by atoms with Crippen molar-refractivity contribution in [2.75, 3.05) is 14.2 Å². The van der Waals surface area contributed by atoms with Gasteiger partial charge in [-0.15, -0.1) is 0 Å². The Hall–Kier alpha value is -2.75. The van der Waals surface area contributed by atoms with Gasteiger partial charge in [-0.1, -0.05) is 17.7 Å². The first-order chi connectivity index (χ1) is 10.7. The van der Waals surface area contributed by atoms with Crippen molar-refractivity contribution in [1.29, 1.82) is 0 Å². The van der Waals surface area contributed by atoms with E-state index in [1.54, 1.807) is 24.8 Å². The summed E-state index contributed by atoms with van der Waals surface area (Å²) in [7, 11) is 3.26. The summed E-state index contributed by atoms with van der Waals surface area (Å²) in [6.45, 7) is 2.02. The Bertz CT molecular complexity index is 1080. The second-order valence-electron chi connectivity index (χ2n) is 5.46. The van der Waals surface area contributed by atoms with E-state index in [0.717, 1.165) is 27.2 Å². The monoisotopic (exact) mass is 293 g/mol. The minimum absolute atomic E-state index is 0.0205. The molecule has 0 aliphatic heterocycles. The predicted octanol–water partition coefficient (Wildman–Crippen LogP) is 3.37. The van der Waals surface area contributed by atoms with Crippen LogP contribution in [0.5, 0.6) is 11.5 Å². The maximum Gasteiger partial charge on any atom is 0.263 e. The van der Waals surface area contributed by atoms with Crippen molar-refractivity contribution in [3.8, 4) is 11.5 Å². The second kappa shape index (κ2) is 4.37. The highest BCUT2D eigenvalue weighted by atomic mass is 16.5. The highest BCUT2D eigenvalue weighted by Crippen LogP contribution is 2.40. The molecule has 2 heterocycles. The van der Waals surface area contributed by atoms with Gasteiger partial charge in [0.25, 0.3) is 5.56 Å². The van der Waals surface area contributed by atoms with Crippen LogP contribution < -0.4 is 15.0 Å². The molecule has 0 amide bonds. The fraction of sp³-hybridized carbons (Fsp3) is 0.167. The molecule has 4 aromatic rings. The maximum absolute atomic E-state index is 12.7. The van der Waals surface area contributed by atoms with E-state index < -0.39 is 0 Å². The molecule has 0 N–H and O–H groups in total. The first-order valence-corrected chi connectivity index (χ1v) is 7.07. The third kappa shape index (κ3) is 1.49. The molecule has 4 rings (SSSR count). The lowest BCUT2D eigenvalue weighted by Gasteiger charge is -2.13. The summed E-state index contributed by atoms with van der Waals surface area (Å²) in [5.74, 6) is 1.42. The Morgan fingerprint density at radius 2 is 1.68 bits per heavy atom. The van der Waals surface area contributed by atoms with Crippen LogP contribution in [0.2, 0.25) is 0 Å². The average Bonchev–Trinajstić information content (AvgIpc) is 2.97. The Balaban J connectivity index is 2.41. The zero-order valence-electron chi connectivity index (χ0n) is 12.6. The summed E-state index contributed by atoms with van der Waals surface area (Å²) < 4.78 is 12.7. The van der Waals surface area contributed by atoms with Crippen LogP contribution in [0.25, 0.3) is 27.1 Å². The number of aromatic nitrogens is 1. The highest BCUT2D eigenvalue weighted by molar-refractivity contribution is 6.16. The smallest absolute Gasteiger partial charge is 0.263 e. The number of benzene rings is 2. The van der Waals surface area contributed by atoms with E-state index in [0.29, 0.717) is 16.9 Å². The Morgan fingerprint density at radius 3 is 2.41 bits per heavy atom. The molecule has 4 heteroatoms. The van der Waals surface area contributed by atoms with E-state index in [9.17, 15) is 4.79 Å². The number of fused-ring (bicyclic) bond motifs is 2. The number of rotatable bonds is 2. The fourth-order valence-electron chi connectivity index (χ4n) is 3.21. The summed E-state index contributed by atoms with van der Waals surface area (Å²) in [4.78, 5) is 12.7. The molecular formula is C18H15NO3. The van der Waals surface area contributed by atoms with E-state index in [1.165, 1.54) is 0 Å². The van der Waals surface area contributed by atoms with Gasteiger partial charge in [0.2, 0.25) is 0 Å². The number of aryl methyl sites for hydroxylation is 1. The summed E-state index contributed by atoms with van der Waals surface area (Å²) >= 11 is 0. The molecule has 0 saturated carbocycles. The fourth-order valence-corrected chi connectivity index (χ4v) is 3.21. The van der Waals surface area contributed by atoms with Gasteiger partial charge >= 0.3 is 0 Å². The quantitative estimate of drug-likeness (QED) is 0.532. The molecule has 0 fully saturated rings. The third-order valence-corrected chi connectivity index (χ3v) is 4.23. The second-order valence-corrected chi connectivity index (χ2v) is 5.46. The molecule has 0 radical (unpaired) electrons. The number of hydrogen-bond acceptors (Lipinski definition) is 3. The molecule has 0 aliphatic rings. The topological polar surface area (TPSA) is 39.9 Å². The van der Waals surface area contributed by atoms with Crippen LogP contribution in [0.3, 0.4) is 0 Å². The van der Waals surface area contributed by atoms with Crippen molar-refractivity contribution in [2.24, 2.45) is 0 Å². The van der Waals surface area contributed by atoms with Crippen LogP contribution in [0.4, 0.5) is 0 Å². The van der Waals surface area contributed by atoms with Crippen molar-refractivity contribution in [2.45, 2.75) is 6.92 Å². The summed E-state index contributed by atoms with van der Waals surface area (Å²) in [5, 5.41) is 3.47. The van der Waals surface area contributed by atoms with Gasteiger partial charge in [-0.2, -0.15) is 0 Å². The molecule has 0 saturated heterocycles. The Morgan fingerprint density at radius 1 is 0.909 bits per heavy atom. The van der Waals surface area contributed by atoms with Gasteiger partial charge in [-0.05, 0) is 19.1 Å². The van der Waals surface area contributed by atoms with E-state index in [2.05, 4.69) is 0 Å². The van der Waals surface area contributed by atoms with Gasteiger partial charge in [-0.25, -0.2) is 0 Å². The zero-order chi connectivity index (χ0) is 15.4. The Kier molecular flexibility index (Phi) is 2.57. The molecule has 22 heavy (non-hydrogen) atoms. The molecule has 4 nitrogen and oxygen atoms in total. The number of methoxy groups -OCH3 is 2. The van der Waals surface area contributed by atoms with Crippen LogP contribution in [0.15, 0.2) is 41.3 Å². The number of hydrogen-bond donors (Lipinski definition) is 0. The van der Waals surface area contributed by atoms with Gasteiger partial charge < -0.3 is 9.47 Å². The van der Waals surface area contributed by atoms with E-state index >= 15 is 0 Å². The zero-order valence-corrected chi connectivity index (χ0v) is 12.6. The first kappa shape index (κ1) is 13.0. The minimum atomic E-state index is -0.0205. The molecule has 110 valence electrons. The summed E-state index contributed by atoms with van der Waals surface area (Å²) in [5.41, 5.74) is 1.93. The molecule has 0 bridgehead atoms. The number of ether oxygens (including phenoxy) is 2. The molecule has 0 unspecified atom stereocenters. The van der Waals surface area contributed by atoms with Crippen LogP contribution in [-0.2, 0) is 0 Å². The molecule has 2 aromatic heterocycles. The first-order valence-electron chi connectivity index (χ1n) is 7.07. The van der Waals surface area contributed by atoms with E-state index in [-0.39, 0.29) is 5.56 Å². The lowest BCUT2D eigenvalue weighted by molar-refractivity contribution is 0.401. The molecule has 0 atom stereocenters. The van der Waals surface area contributed by atoms with Crippen molar-refractivity contribution < 1.29 is 9.47 Å². The van der Waals surface area contributed by atoms with Crippen LogP contribution in [-0.4, -0.2) is 18.6 Å². The predicted molar refractivity (Wildman–Crippen MR) is 87.7 cm³/mol. The molecule has 0 spiro atoms. The normalized spacial score (nSPS) is 11.6. The minimum Gasteiger partial charge on any atom is -0.496 e.